The third-order valence-electron chi connectivity index (χ3n) is 6.31. The van der Waals surface area contributed by atoms with Crippen LogP contribution in [0.2, 0.25) is 0 Å². The molecule has 3 aromatic heterocycles. The highest BCUT2D eigenvalue weighted by atomic mass is 16.4. The molecule has 1 fully saturated rings. The molecular formula is C24H31N7O3. The average Bonchev–Trinajstić information content (AvgIpc) is 3.19. The van der Waals surface area contributed by atoms with E-state index in [1.165, 1.54) is 0 Å². The summed E-state index contributed by atoms with van der Waals surface area (Å²) in [6.45, 7) is 3.98. The van der Waals surface area contributed by atoms with E-state index < -0.39 is 5.97 Å². The quantitative estimate of drug-likeness (QED) is 0.512. The second kappa shape index (κ2) is 10.6. The third-order valence-corrected chi connectivity index (χ3v) is 6.31. The van der Waals surface area contributed by atoms with Crippen molar-refractivity contribution in [3.8, 4) is 11.4 Å². The number of unbranched alkanes of at least 4 members (excludes halogenated alkanes) is 1. The van der Waals surface area contributed by atoms with Crippen molar-refractivity contribution >= 4 is 11.8 Å². The predicted molar refractivity (Wildman–Crippen MR) is 128 cm³/mol. The lowest BCUT2D eigenvalue weighted by Crippen LogP contribution is -2.36. The maximum atomic E-state index is 12.5. The summed E-state index contributed by atoms with van der Waals surface area (Å²) in [5, 5.41) is 17.6. The molecule has 34 heavy (non-hydrogen) atoms. The van der Waals surface area contributed by atoms with Crippen molar-refractivity contribution in [2.24, 2.45) is 13.0 Å². The summed E-state index contributed by atoms with van der Waals surface area (Å²) in [7, 11) is 1.80. The van der Waals surface area contributed by atoms with Crippen molar-refractivity contribution in [2.45, 2.75) is 52.0 Å². The minimum atomic E-state index is -0.765. The molecule has 0 saturated carbocycles. The number of aryl methyl sites for hydroxylation is 2. The van der Waals surface area contributed by atoms with Crippen LogP contribution in [-0.2, 0) is 24.8 Å². The van der Waals surface area contributed by atoms with E-state index in [2.05, 4.69) is 32.1 Å². The van der Waals surface area contributed by atoms with Gasteiger partial charge in [-0.2, -0.15) is 0 Å². The van der Waals surface area contributed by atoms with Crippen molar-refractivity contribution in [2.75, 3.05) is 18.0 Å². The number of aromatic nitrogens is 6. The van der Waals surface area contributed by atoms with E-state index in [-0.39, 0.29) is 17.9 Å². The van der Waals surface area contributed by atoms with Gasteiger partial charge in [-0.15, -0.1) is 5.10 Å². The minimum absolute atomic E-state index is 0.0742. The first-order chi connectivity index (χ1) is 16.4. The summed E-state index contributed by atoms with van der Waals surface area (Å²) in [5.41, 5.74) is 3.01. The molecule has 4 heterocycles. The smallest absolute Gasteiger partial charge is 0.303 e. The number of carboxylic acids is 1. The molecule has 1 atom stereocenters. The number of aliphatic carboxylic acids is 1. The van der Waals surface area contributed by atoms with Crippen molar-refractivity contribution in [3.05, 3.63) is 52.3 Å². The minimum Gasteiger partial charge on any atom is -0.481 e. The third kappa shape index (κ3) is 5.49. The standard InChI is InChI=1S/C24H31N7O3/c1-3-4-6-17-8-9-22(32)31(14-17)16-20-24(27-28-29(20)2)19-12-26-21(13-25-19)30-10-5-7-18(15-30)11-23(33)34/h8-9,12-14,18H,3-7,10-11,15-16H2,1-2H3,(H,33,34). The van der Waals surface area contributed by atoms with Crippen LogP contribution in [-0.4, -0.2) is 53.7 Å². The van der Waals surface area contributed by atoms with E-state index in [1.807, 2.05) is 12.3 Å². The summed E-state index contributed by atoms with van der Waals surface area (Å²) in [6, 6.07) is 3.50. The number of hydrogen-bond acceptors (Lipinski definition) is 7. The molecule has 0 aromatic carbocycles. The lowest BCUT2D eigenvalue weighted by Gasteiger charge is -2.32. The Hall–Kier alpha value is -3.56. The Bertz CT molecular complexity index is 1190. The molecule has 10 nitrogen and oxygen atoms in total. The van der Waals surface area contributed by atoms with Gasteiger partial charge in [0.2, 0.25) is 0 Å². The highest BCUT2D eigenvalue weighted by Gasteiger charge is 2.23. The first-order valence-electron chi connectivity index (χ1n) is 11.8. The van der Waals surface area contributed by atoms with Crippen LogP contribution in [0, 0.1) is 5.92 Å². The van der Waals surface area contributed by atoms with Gasteiger partial charge in [0, 0.05) is 38.8 Å². The number of piperidine rings is 1. The Kier molecular flexibility index (Phi) is 7.34. The number of rotatable bonds is 9. The fourth-order valence-electron chi connectivity index (χ4n) is 4.44. The van der Waals surface area contributed by atoms with Gasteiger partial charge in [-0.3, -0.25) is 9.59 Å². The lowest BCUT2D eigenvalue weighted by molar-refractivity contribution is -0.138. The molecular weight excluding hydrogens is 434 g/mol. The molecule has 0 bridgehead atoms. The van der Waals surface area contributed by atoms with Crippen LogP contribution < -0.4 is 10.5 Å². The van der Waals surface area contributed by atoms with Gasteiger partial charge >= 0.3 is 5.97 Å². The van der Waals surface area contributed by atoms with E-state index in [9.17, 15) is 9.59 Å². The van der Waals surface area contributed by atoms with Crippen molar-refractivity contribution in [3.63, 3.8) is 0 Å². The Morgan fingerprint density at radius 2 is 2.09 bits per heavy atom. The van der Waals surface area contributed by atoms with E-state index in [0.29, 0.717) is 24.5 Å². The van der Waals surface area contributed by atoms with Crippen LogP contribution in [0.15, 0.2) is 35.5 Å². The fraction of sp³-hybridized carbons (Fsp3) is 0.500. The molecule has 3 aromatic rings. The molecule has 10 heteroatoms. The van der Waals surface area contributed by atoms with Crippen LogP contribution in [0.1, 0.15) is 50.3 Å². The lowest BCUT2D eigenvalue weighted by atomic mass is 9.95. The summed E-state index contributed by atoms with van der Waals surface area (Å²) < 4.78 is 3.35. The Balaban J connectivity index is 1.53. The van der Waals surface area contributed by atoms with Crippen LogP contribution in [0.25, 0.3) is 11.4 Å². The van der Waals surface area contributed by atoms with E-state index in [4.69, 9.17) is 5.11 Å². The zero-order chi connectivity index (χ0) is 24.1. The number of carbonyl (C=O) groups is 1. The molecule has 1 unspecified atom stereocenters. The molecule has 1 N–H and O–H groups in total. The van der Waals surface area contributed by atoms with Crippen LogP contribution in [0.5, 0.6) is 0 Å². The summed E-state index contributed by atoms with van der Waals surface area (Å²) in [4.78, 5) is 34.8. The summed E-state index contributed by atoms with van der Waals surface area (Å²) in [6.07, 6.45) is 10.4. The van der Waals surface area contributed by atoms with Gasteiger partial charge < -0.3 is 14.6 Å². The zero-order valence-corrected chi connectivity index (χ0v) is 19.7. The molecule has 0 amide bonds. The van der Waals surface area contributed by atoms with Gasteiger partial charge in [0.1, 0.15) is 17.2 Å². The highest BCUT2D eigenvalue weighted by molar-refractivity contribution is 5.67. The number of nitrogens with zero attached hydrogens (tertiary/aromatic N) is 7. The van der Waals surface area contributed by atoms with E-state index in [1.54, 1.807) is 34.8 Å². The Morgan fingerprint density at radius 1 is 1.24 bits per heavy atom. The van der Waals surface area contributed by atoms with Gasteiger partial charge in [-0.1, -0.05) is 24.6 Å². The van der Waals surface area contributed by atoms with Gasteiger partial charge in [0.25, 0.3) is 5.56 Å². The van der Waals surface area contributed by atoms with Gasteiger partial charge in [-0.05, 0) is 37.2 Å². The number of carboxylic acid groups (broad SMARTS) is 1. The average molecular weight is 466 g/mol. The second-order valence-electron chi connectivity index (χ2n) is 8.93. The largest absolute Gasteiger partial charge is 0.481 e. The van der Waals surface area contributed by atoms with E-state index >= 15 is 0 Å². The topological polar surface area (TPSA) is 119 Å². The molecule has 0 aliphatic carbocycles. The van der Waals surface area contributed by atoms with Crippen molar-refractivity contribution in [1.82, 2.24) is 29.5 Å². The van der Waals surface area contributed by atoms with Gasteiger partial charge in [-0.25, -0.2) is 14.6 Å². The molecule has 1 aliphatic heterocycles. The summed E-state index contributed by atoms with van der Waals surface area (Å²) in [5.74, 6) is 0.0771. The molecule has 0 radical (unpaired) electrons. The van der Waals surface area contributed by atoms with Crippen LogP contribution in [0.3, 0.4) is 0 Å². The predicted octanol–water partition coefficient (Wildman–Crippen LogP) is 2.52. The fourth-order valence-corrected chi connectivity index (χ4v) is 4.44. The molecule has 1 aliphatic rings. The SMILES string of the molecule is CCCCc1ccc(=O)n(Cc2c(-c3cnc(N4CCCC(CC(=O)O)C4)cn3)nnn2C)c1. The first kappa shape index (κ1) is 23.6. The highest BCUT2D eigenvalue weighted by Crippen LogP contribution is 2.25. The van der Waals surface area contributed by atoms with Crippen molar-refractivity contribution < 1.29 is 9.90 Å². The molecule has 4 rings (SSSR count). The van der Waals surface area contributed by atoms with Crippen LogP contribution >= 0.6 is 0 Å². The molecule has 1 saturated heterocycles. The molecule has 0 spiro atoms. The first-order valence-corrected chi connectivity index (χ1v) is 11.8. The number of anilines is 1. The Morgan fingerprint density at radius 3 is 2.82 bits per heavy atom. The van der Waals surface area contributed by atoms with Crippen molar-refractivity contribution in [1.29, 1.82) is 0 Å². The van der Waals surface area contributed by atoms with Gasteiger partial charge in [0.15, 0.2) is 0 Å². The number of pyridine rings is 1. The summed E-state index contributed by atoms with van der Waals surface area (Å²) >= 11 is 0. The maximum Gasteiger partial charge on any atom is 0.303 e. The second-order valence-corrected chi connectivity index (χ2v) is 8.93. The zero-order valence-electron chi connectivity index (χ0n) is 19.7. The molecule has 180 valence electrons. The van der Waals surface area contributed by atoms with E-state index in [0.717, 1.165) is 55.7 Å². The normalized spacial score (nSPS) is 16.1. The maximum absolute atomic E-state index is 12.5. The Labute approximate surface area is 198 Å². The monoisotopic (exact) mass is 465 g/mol. The van der Waals surface area contributed by atoms with Crippen LogP contribution in [0.4, 0.5) is 5.82 Å². The number of hydrogen-bond donors (Lipinski definition) is 1. The van der Waals surface area contributed by atoms with Gasteiger partial charge in [0.05, 0.1) is 24.6 Å².